The Morgan fingerprint density at radius 1 is 1.50 bits per heavy atom. The molecule has 0 aromatic carbocycles. The number of methoxy groups -OCH3 is 1. The Labute approximate surface area is 89.3 Å². The van der Waals surface area contributed by atoms with E-state index in [0.717, 1.165) is 23.5 Å². The van der Waals surface area contributed by atoms with Crippen molar-refractivity contribution in [1.82, 2.24) is 4.98 Å². The Balaban J connectivity index is 2.93. The Kier molecular flexibility index (Phi) is 4.51. The maximum absolute atomic E-state index is 5.65. The van der Waals surface area contributed by atoms with Crippen LogP contribution in [0.3, 0.4) is 0 Å². The molecule has 1 unspecified atom stereocenters. The summed E-state index contributed by atoms with van der Waals surface area (Å²) < 4.78 is 5.35. The van der Waals surface area contributed by atoms with E-state index in [1.165, 1.54) is 4.88 Å². The second kappa shape index (κ2) is 5.44. The predicted octanol–water partition coefficient (Wildman–Crippen LogP) is 2.26. The highest BCUT2D eigenvalue weighted by Gasteiger charge is 2.15. The minimum Gasteiger partial charge on any atom is -0.374 e. The van der Waals surface area contributed by atoms with Crippen LogP contribution in [-0.2, 0) is 17.7 Å². The highest BCUT2D eigenvalue weighted by atomic mass is 32.1. The Morgan fingerprint density at radius 2 is 2.21 bits per heavy atom. The highest BCUT2D eigenvalue weighted by molar-refractivity contribution is 7.11. The monoisotopic (exact) mass is 214 g/mol. The standard InChI is InChI=1S/C10H18N2OS/c1-4-7-9(6-11)14-10(12-7)8(5-2)13-3/h8H,4-6,11H2,1-3H3. The normalized spacial score (nSPS) is 13.1. The van der Waals surface area contributed by atoms with Gasteiger partial charge in [-0.15, -0.1) is 11.3 Å². The number of ether oxygens (including phenoxy) is 1. The molecule has 1 atom stereocenters. The van der Waals surface area contributed by atoms with E-state index in [-0.39, 0.29) is 6.10 Å². The molecule has 0 aliphatic carbocycles. The van der Waals surface area contributed by atoms with Crippen molar-refractivity contribution >= 4 is 11.3 Å². The molecule has 0 radical (unpaired) electrons. The first-order valence-corrected chi connectivity index (χ1v) is 5.79. The van der Waals surface area contributed by atoms with E-state index < -0.39 is 0 Å². The van der Waals surface area contributed by atoms with E-state index >= 15 is 0 Å². The van der Waals surface area contributed by atoms with Crippen molar-refractivity contribution < 1.29 is 4.74 Å². The van der Waals surface area contributed by atoms with Gasteiger partial charge in [-0.3, -0.25) is 0 Å². The van der Waals surface area contributed by atoms with Crippen molar-refractivity contribution in [3.63, 3.8) is 0 Å². The largest absolute Gasteiger partial charge is 0.374 e. The van der Waals surface area contributed by atoms with Gasteiger partial charge in [-0.1, -0.05) is 13.8 Å². The Bertz CT molecular complexity index is 260. The Morgan fingerprint density at radius 3 is 2.57 bits per heavy atom. The third kappa shape index (κ3) is 2.32. The van der Waals surface area contributed by atoms with E-state index in [1.54, 1.807) is 18.4 Å². The number of rotatable bonds is 5. The first-order valence-electron chi connectivity index (χ1n) is 4.98. The van der Waals surface area contributed by atoms with E-state index in [0.29, 0.717) is 6.54 Å². The SMILES string of the molecule is CCc1nc(C(CC)OC)sc1CN. The van der Waals surface area contributed by atoms with Gasteiger partial charge in [-0.05, 0) is 12.8 Å². The van der Waals surface area contributed by atoms with Gasteiger partial charge in [0, 0.05) is 18.5 Å². The van der Waals surface area contributed by atoms with Gasteiger partial charge < -0.3 is 10.5 Å². The number of nitrogens with zero attached hydrogens (tertiary/aromatic N) is 1. The van der Waals surface area contributed by atoms with Gasteiger partial charge >= 0.3 is 0 Å². The molecule has 0 fully saturated rings. The van der Waals surface area contributed by atoms with Crippen molar-refractivity contribution in [2.75, 3.05) is 7.11 Å². The number of aromatic nitrogens is 1. The van der Waals surface area contributed by atoms with Gasteiger partial charge in [0.25, 0.3) is 0 Å². The van der Waals surface area contributed by atoms with Crippen molar-refractivity contribution in [1.29, 1.82) is 0 Å². The lowest BCUT2D eigenvalue weighted by Crippen LogP contribution is -1.99. The maximum Gasteiger partial charge on any atom is 0.122 e. The summed E-state index contributed by atoms with van der Waals surface area (Å²) in [7, 11) is 1.73. The first kappa shape index (κ1) is 11.6. The van der Waals surface area contributed by atoms with Crippen LogP contribution in [-0.4, -0.2) is 12.1 Å². The molecular formula is C10H18N2OS. The Hall–Kier alpha value is -0.450. The molecule has 0 saturated heterocycles. The fourth-order valence-corrected chi connectivity index (χ4v) is 2.61. The van der Waals surface area contributed by atoms with Crippen molar-refractivity contribution in [3.05, 3.63) is 15.6 Å². The zero-order chi connectivity index (χ0) is 10.6. The molecule has 0 amide bonds. The molecule has 0 bridgehead atoms. The van der Waals surface area contributed by atoms with Gasteiger partial charge in [0.05, 0.1) is 5.69 Å². The number of hydrogen-bond donors (Lipinski definition) is 1. The summed E-state index contributed by atoms with van der Waals surface area (Å²) in [6.45, 7) is 4.79. The zero-order valence-electron chi connectivity index (χ0n) is 9.04. The van der Waals surface area contributed by atoms with Crippen molar-refractivity contribution in [2.24, 2.45) is 5.73 Å². The summed E-state index contributed by atoms with van der Waals surface area (Å²) >= 11 is 1.68. The molecule has 0 spiro atoms. The van der Waals surface area contributed by atoms with Crippen LogP contribution in [0.2, 0.25) is 0 Å². The zero-order valence-corrected chi connectivity index (χ0v) is 9.86. The van der Waals surface area contributed by atoms with Gasteiger partial charge in [-0.25, -0.2) is 4.98 Å². The summed E-state index contributed by atoms with van der Waals surface area (Å²) in [5, 5.41) is 1.06. The molecule has 0 saturated carbocycles. The van der Waals surface area contributed by atoms with Crippen LogP contribution in [0, 0.1) is 0 Å². The summed E-state index contributed by atoms with van der Waals surface area (Å²) in [6, 6.07) is 0. The van der Waals surface area contributed by atoms with Crippen LogP contribution in [0.4, 0.5) is 0 Å². The first-order chi connectivity index (χ1) is 6.76. The third-order valence-corrected chi connectivity index (χ3v) is 3.46. The second-order valence-electron chi connectivity index (χ2n) is 3.11. The molecule has 0 aliphatic rings. The fourth-order valence-electron chi connectivity index (χ4n) is 1.42. The van der Waals surface area contributed by atoms with Crippen molar-refractivity contribution in [3.8, 4) is 0 Å². The third-order valence-electron chi connectivity index (χ3n) is 2.25. The van der Waals surface area contributed by atoms with Crippen LogP contribution < -0.4 is 5.73 Å². The maximum atomic E-state index is 5.65. The molecule has 0 aliphatic heterocycles. The van der Waals surface area contributed by atoms with Crippen LogP contribution in [0.1, 0.15) is 42.0 Å². The minimum absolute atomic E-state index is 0.130. The summed E-state index contributed by atoms with van der Waals surface area (Å²) in [4.78, 5) is 5.75. The number of nitrogens with two attached hydrogens (primary N) is 1. The molecule has 4 heteroatoms. The second-order valence-corrected chi connectivity index (χ2v) is 4.23. The smallest absolute Gasteiger partial charge is 0.122 e. The predicted molar refractivity (Wildman–Crippen MR) is 59.4 cm³/mol. The molecule has 2 N–H and O–H groups in total. The van der Waals surface area contributed by atoms with E-state index in [2.05, 4.69) is 18.8 Å². The molecule has 1 heterocycles. The number of hydrogen-bond acceptors (Lipinski definition) is 4. The lowest BCUT2D eigenvalue weighted by Gasteiger charge is -2.08. The number of thiazole rings is 1. The van der Waals surface area contributed by atoms with Crippen LogP contribution in [0.25, 0.3) is 0 Å². The summed E-state index contributed by atoms with van der Waals surface area (Å²) in [6.07, 6.45) is 2.03. The minimum atomic E-state index is 0.130. The number of aryl methyl sites for hydroxylation is 1. The van der Waals surface area contributed by atoms with Gasteiger partial charge in [0.1, 0.15) is 11.1 Å². The van der Waals surface area contributed by atoms with Gasteiger partial charge in [0.2, 0.25) is 0 Å². The average Bonchev–Trinajstić information content (AvgIpc) is 2.63. The molecular weight excluding hydrogens is 196 g/mol. The van der Waals surface area contributed by atoms with E-state index in [4.69, 9.17) is 10.5 Å². The average molecular weight is 214 g/mol. The molecule has 1 aromatic rings. The van der Waals surface area contributed by atoms with Crippen LogP contribution in [0.15, 0.2) is 0 Å². The molecule has 1 aromatic heterocycles. The molecule has 14 heavy (non-hydrogen) atoms. The highest BCUT2D eigenvalue weighted by Crippen LogP contribution is 2.27. The summed E-state index contributed by atoms with van der Waals surface area (Å²) in [5.41, 5.74) is 6.78. The molecule has 1 rings (SSSR count). The fraction of sp³-hybridized carbons (Fsp3) is 0.700. The van der Waals surface area contributed by atoms with E-state index in [9.17, 15) is 0 Å². The molecule has 80 valence electrons. The van der Waals surface area contributed by atoms with Gasteiger partial charge in [0.15, 0.2) is 0 Å². The lowest BCUT2D eigenvalue weighted by molar-refractivity contribution is 0.0997. The summed E-state index contributed by atoms with van der Waals surface area (Å²) in [5.74, 6) is 0. The van der Waals surface area contributed by atoms with Crippen LogP contribution >= 0.6 is 11.3 Å². The molecule has 3 nitrogen and oxygen atoms in total. The van der Waals surface area contributed by atoms with Gasteiger partial charge in [-0.2, -0.15) is 0 Å². The van der Waals surface area contributed by atoms with Crippen LogP contribution in [0.5, 0.6) is 0 Å². The van der Waals surface area contributed by atoms with Crippen molar-refractivity contribution in [2.45, 2.75) is 39.3 Å². The lowest BCUT2D eigenvalue weighted by atomic mass is 10.2. The quantitative estimate of drug-likeness (QED) is 0.818. The topological polar surface area (TPSA) is 48.1 Å². The van der Waals surface area contributed by atoms with E-state index in [1.807, 2.05) is 0 Å².